The van der Waals surface area contributed by atoms with E-state index in [1.54, 1.807) is 16.9 Å². The second-order valence-corrected chi connectivity index (χ2v) is 10.7. The molecule has 2 aromatic heterocycles. The third-order valence-corrected chi connectivity index (χ3v) is 8.07. The van der Waals surface area contributed by atoms with Crippen LogP contribution in [0.5, 0.6) is 0 Å². The molecular weight excluding hydrogens is 482 g/mol. The van der Waals surface area contributed by atoms with Gasteiger partial charge >= 0.3 is 6.03 Å². The first-order valence-corrected chi connectivity index (χ1v) is 12.4. The first-order valence-electron chi connectivity index (χ1n) is 12.4. The number of anilines is 1. The van der Waals surface area contributed by atoms with Crippen LogP contribution in [-0.2, 0) is 15.0 Å². The molecule has 7 rings (SSSR count). The van der Waals surface area contributed by atoms with Crippen LogP contribution in [0.4, 0.5) is 19.3 Å². The number of rotatable bonds is 5. The number of alkyl halides is 2. The molecule has 1 spiro atoms. The maximum atomic E-state index is 14.0. The van der Waals surface area contributed by atoms with Gasteiger partial charge in [0.2, 0.25) is 11.8 Å². The van der Waals surface area contributed by atoms with E-state index in [2.05, 4.69) is 20.7 Å². The lowest BCUT2D eigenvalue weighted by atomic mass is 9.95. The van der Waals surface area contributed by atoms with E-state index in [0.29, 0.717) is 29.9 Å². The molecule has 1 saturated heterocycles. The Bertz CT molecular complexity index is 1510. The fourth-order valence-electron chi connectivity index (χ4n) is 6.01. The molecule has 3 aromatic rings. The Hall–Kier alpha value is -3.89. The summed E-state index contributed by atoms with van der Waals surface area (Å²) in [6.07, 6.45) is 5.58. The number of aromatic nitrogens is 3. The molecule has 0 bridgehead atoms. The van der Waals surface area contributed by atoms with Crippen molar-refractivity contribution in [2.45, 2.75) is 55.3 Å². The number of nitrogens with zero attached hydrogens (tertiary/aromatic N) is 4. The number of urea groups is 1. The van der Waals surface area contributed by atoms with Crippen LogP contribution in [0.15, 0.2) is 36.7 Å². The Morgan fingerprint density at radius 3 is 2.70 bits per heavy atom. The summed E-state index contributed by atoms with van der Waals surface area (Å²) in [5, 5.41) is 9.48. The maximum absolute atomic E-state index is 14.0. The van der Waals surface area contributed by atoms with E-state index >= 15 is 0 Å². The number of imidazole rings is 1. The number of nitrogens with one attached hydrogen (secondary N) is 2. The zero-order valence-corrected chi connectivity index (χ0v) is 20.0. The molecule has 2 saturated carbocycles. The molecule has 4 amide bonds. The van der Waals surface area contributed by atoms with Gasteiger partial charge in [0.15, 0.2) is 5.65 Å². The molecule has 2 aliphatic heterocycles. The quantitative estimate of drug-likeness (QED) is 0.553. The van der Waals surface area contributed by atoms with E-state index in [1.807, 2.05) is 24.3 Å². The van der Waals surface area contributed by atoms with E-state index in [4.69, 9.17) is 0 Å². The molecule has 37 heavy (non-hydrogen) atoms. The lowest BCUT2D eigenvalue weighted by Gasteiger charge is -2.22. The summed E-state index contributed by atoms with van der Waals surface area (Å²) in [7, 11) is 0. The van der Waals surface area contributed by atoms with Crippen molar-refractivity contribution in [3.05, 3.63) is 59.0 Å². The maximum Gasteiger partial charge on any atom is 0.321 e. The second kappa shape index (κ2) is 7.33. The summed E-state index contributed by atoms with van der Waals surface area (Å²) in [5.41, 5.74) is 3.99. The van der Waals surface area contributed by atoms with Crippen LogP contribution in [0.1, 0.15) is 66.3 Å². The molecule has 2 aliphatic carbocycles. The molecule has 3 atom stereocenters. The smallest absolute Gasteiger partial charge is 0.321 e. The number of hydrogen-bond donors (Lipinski definition) is 2. The summed E-state index contributed by atoms with van der Waals surface area (Å²) in [6, 6.07) is 7.22. The lowest BCUT2D eigenvalue weighted by molar-refractivity contribution is -0.122. The number of amides is 4. The van der Waals surface area contributed by atoms with Gasteiger partial charge in [-0.2, -0.15) is 5.10 Å². The minimum atomic E-state index is -2.99. The first-order chi connectivity index (χ1) is 17.6. The van der Waals surface area contributed by atoms with Crippen LogP contribution in [0, 0.1) is 0 Å². The summed E-state index contributed by atoms with van der Waals surface area (Å²) in [5.74, 6) is -4.01. The van der Waals surface area contributed by atoms with E-state index in [1.165, 1.54) is 4.90 Å². The van der Waals surface area contributed by atoms with Crippen molar-refractivity contribution < 1.29 is 23.2 Å². The highest BCUT2D eigenvalue weighted by atomic mass is 19.3. The fourth-order valence-corrected chi connectivity index (χ4v) is 6.01. The van der Waals surface area contributed by atoms with Gasteiger partial charge in [-0.3, -0.25) is 14.9 Å². The largest absolute Gasteiger partial charge is 0.337 e. The molecule has 190 valence electrons. The van der Waals surface area contributed by atoms with Crippen LogP contribution in [-0.4, -0.2) is 51.5 Å². The van der Waals surface area contributed by atoms with Crippen molar-refractivity contribution in [1.29, 1.82) is 0 Å². The van der Waals surface area contributed by atoms with E-state index in [9.17, 15) is 23.2 Å². The van der Waals surface area contributed by atoms with Crippen LogP contribution in [0.3, 0.4) is 0 Å². The first kappa shape index (κ1) is 22.3. The van der Waals surface area contributed by atoms with Crippen molar-refractivity contribution in [1.82, 2.24) is 25.2 Å². The highest BCUT2D eigenvalue weighted by molar-refractivity contribution is 6.10. The molecule has 3 fully saturated rings. The highest BCUT2D eigenvalue weighted by Crippen LogP contribution is 2.60. The zero-order chi connectivity index (χ0) is 25.7. The van der Waals surface area contributed by atoms with Gasteiger partial charge in [-0.15, -0.1) is 0 Å². The average Bonchev–Trinajstić information content (AvgIpc) is 3.75. The molecule has 11 heteroatoms. The van der Waals surface area contributed by atoms with E-state index in [-0.39, 0.29) is 24.3 Å². The zero-order valence-electron chi connectivity index (χ0n) is 20.0. The molecule has 4 heterocycles. The molecule has 1 unspecified atom stereocenters. The number of benzene rings is 1. The van der Waals surface area contributed by atoms with Gasteiger partial charge in [0.25, 0.3) is 5.92 Å². The fraction of sp³-hybridized carbons (Fsp3) is 0.423. The summed E-state index contributed by atoms with van der Waals surface area (Å²) in [6.45, 7) is 0.373. The van der Waals surface area contributed by atoms with Crippen LogP contribution in [0.25, 0.3) is 5.65 Å². The van der Waals surface area contributed by atoms with Crippen molar-refractivity contribution in [3.63, 3.8) is 0 Å². The monoisotopic (exact) mass is 506 g/mol. The molecule has 4 aliphatic rings. The summed E-state index contributed by atoms with van der Waals surface area (Å²) >= 11 is 0. The van der Waals surface area contributed by atoms with Crippen LogP contribution >= 0.6 is 0 Å². The molecule has 0 radical (unpaired) electrons. The normalized spacial score (nSPS) is 25.9. The number of fused-ring (bicyclic) bond motifs is 3. The van der Waals surface area contributed by atoms with E-state index in [0.717, 1.165) is 30.0 Å². The third kappa shape index (κ3) is 3.43. The van der Waals surface area contributed by atoms with Gasteiger partial charge in [0.05, 0.1) is 23.6 Å². The Morgan fingerprint density at radius 2 is 1.97 bits per heavy atom. The van der Waals surface area contributed by atoms with Crippen molar-refractivity contribution in [2.75, 3.05) is 18.0 Å². The van der Waals surface area contributed by atoms with E-state index < -0.39 is 35.7 Å². The number of imide groups is 1. The SMILES string of the molecule is CC(F)(F)CN1C(=O)C2(CC2)c2ccc([C@H]3C[C@@H]3c3cc(C4CNC(=O)NC4=O)nn4ccnc34)cc21. The Morgan fingerprint density at radius 1 is 1.16 bits per heavy atom. The molecule has 9 nitrogen and oxygen atoms in total. The summed E-state index contributed by atoms with van der Waals surface area (Å²) < 4.78 is 29.6. The highest BCUT2D eigenvalue weighted by Gasteiger charge is 2.60. The van der Waals surface area contributed by atoms with Gasteiger partial charge in [-0.05, 0) is 54.4 Å². The van der Waals surface area contributed by atoms with Gasteiger partial charge in [-0.25, -0.2) is 23.1 Å². The summed E-state index contributed by atoms with van der Waals surface area (Å²) in [4.78, 5) is 42.8. The predicted molar refractivity (Wildman–Crippen MR) is 128 cm³/mol. The van der Waals surface area contributed by atoms with Crippen molar-refractivity contribution in [2.24, 2.45) is 0 Å². The standard InChI is InChI=1S/C26H24F2N6O3/c1-25(27,28)12-33-20-8-13(2-3-18(20)26(4-5-26)23(33)36)14-9-15(14)16-10-19(32-34-7-6-29-21(16)34)17-11-30-24(37)31-22(17)35/h2-3,6-8,10,14-15,17H,4-5,9,11-12H2,1H3,(H2,30,31,35,37)/t14-,15+,17?/m1/s1. The third-order valence-electron chi connectivity index (χ3n) is 8.07. The predicted octanol–water partition coefficient (Wildman–Crippen LogP) is 2.96. The van der Waals surface area contributed by atoms with Crippen molar-refractivity contribution in [3.8, 4) is 0 Å². The topological polar surface area (TPSA) is 109 Å². The van der Waals surface area contributed by atoms with Gasteiger partial charge in [0, 0.05) is 37.1 Å². The van der Waals surface area contributed by atoms with Gasteiger partial charge < -0.3 is 10.2 Å². The molecule has 2 N–H and O–H groups in total. The minimum absolute atomic E-state index is 0.0963. The number of halogens is 2. The molecule has 1 aromatic carbocycles. The van der Waals surface area contributed by atoms with Gasteiger partial charge in [-0.1, -0.05) is 12.1 Å². The van der Waals surface area contributed by atoms with Crippen LogP contribution < -0.4 is 15.5 Å². The number of carbonyl (C=O) groups excluding carboxylic acids is 3. The van der Waals surface area contributed by atoms with Gasteiger partial charge in [0.1, 0.15) is 0 Å². The van der Waals surface area contributed by atoms with Crippen molar-refractivity contribution >= 4 is 29.2 Å². The Balaban J connectivity index is 1.22. The minimum Gasteiger partial charge on any atom is -0.337 e. The average molecular weight is 507 g/mol. The number of hydrogen-bond acceptors (Lipinski definition) is 5. The number of carbonyl (C=O) groups is 3. The lowest BCUT2D eigenvalue weighted by Crippen LogP contribution is -2.51. The Labute approximate surface area is 210 Å². The molecular formula is C26H24F2N6O3. The Kier molecular flexibility index (Phi) is 4.42. The second-order valence-electron chi connectivity index (χ2n) is 10.7. The van der Waals surface area contributed by atoms with Crippen LogP contribution in [0.2, 0.25) is 0 Å².